The van der Waals surface area contributed by atoms with Crippen LogP contribution < -0.4 is 0 Å². The minimum atomic E-state index is -0.280. The van der Waals surface area contributed by atoms with Crippen LogP contribution in [0.4, 0.5) is 0 Å². The molecule has 0 N–H and O–H groups in total. The lowest BCUT2D eigenvalue weighted by molar-refractivity contribution is -0.144. The van der Waals surface area contributed by atoms with Gasteiger partial charge in [0.2, 0.25) is 0 Å². The predicted molar refractivity (Wildman–Crippen MR) is 68.7 cm³/mol. The molecule has 0 spiro atoms. The molecule has 1 aliphatic carbocycles. The van der Waals surface area contributed by atoms with Crippen molar-refractivity contribution < 1.29 is 9.53 Å². The van der Waals surface area contributed by atoms with Gasteiger partial charge < -0.3 is 4.74 Å². The van der Waals surface area contributed by atoms with E-state index in [-0.39, 0.29) is 12.1 Å². The molecule has 0 saturated carbocycles. The first-order valence-corrected chi connectivity index (χ1v) is 6.36. The average Bonchev–Trinajstić information content (AvgIpc) is 2.36. The van der Waals surface area contributed by atoms with Crippen LogP contribution in [0.5, 0.6) is 0 Å². The summed E-state index contributed by atoms with van der Waals surface area (Å²) >= 11 is 0. The third-order valence-corrected chi connectivity index (χ3v) is 2.95. The standard InChI is InChI=1S/C16H16O2/c1-13(17)18-16-10-4-2-3-7-14-8-5-6-9-15(14)11-12-16/h6,9,16H,2-4,7,10H2,1H3. The van der Waals surface area contributed by atoms with Crippen molar-refractivity contribution in [2.24, 2.45) is 0 Å². The molecule has 1 aromatic carbocycles. The second-order valence-corrected chi connectivity index (χ2v) is 4.46. The summed E-state index contributed by atoms with van der Waals surface area (Å²) in [6.07, 6.45) is 4.83. The van der Waals surface area contributed by atoms with Crippen molar-refractivity contribution in [3.63, 3.8) is 0 Å². The molecule has 1 aliphatic rings. The highest BCUT2D eigenvalue weighted by molar-refractivity contribution is 5.66. The molecule has 1 aromatic rings. The lowest BCUT2D eigenvalue weighted by Gasteiger charge is -2.12. The van der Waals surface area contributed by atoms with Crippen LogP contribution in [0, 0.1) is 24.0 Å². The van der Waals surface area contributed by atoms with Crippen molar-refractivity contribution in [1.29, 1.82) is 0 Å². The van der Waals surface area contributed by atoms with Gasteiger partial charge in [0.1, 0.15) is 0 Å². The van der Waals surface area contributed by atoms with E-state index in [1.807, 2.05) is 12.1 Å². The van der Waals surface area contributed by atoms with Gasteiger partial charge in [0, 0.05) is 18.1 Å². The first-order chi connectivity index (χ1) is 8.75. The van der Waals surface area contributed by atoms with Crippen molar-refractivity contribution in [2.75, 3.05) is 0 Å². The van der Waals surface area contributed by atoms with Crippen LogP contribution >= 0.6 is 0 Å². The maximum absolute atomic E-state index is 11.0. The summed E-state index contributed by atoms with van der Waals surface area (Å²) in [5.41, 5.74) is 2.10. The van der Waals surface area contributed by atoms with Crippen LogP contribution in [0.2, 0.25) is 0 Å². The predicted octanol–water partition coefficient (Wildman–Crippen LogP) is 2.69. The Balaban J connectivity index is 2.23. The van der Waals surface area contributed by atoms with Crippen molar-refractivity contribution >= 4 is 5.97 Å². The van der Waals surface area contributed by atoms with E-state index in [9.17, 15) is 4.79 Å². The molecule has 0 saturated heterocycles. The van der Waals surface area contributed by atoms with E-state index in [0.717, 1.165) is 43.2 Å². The van der Waals surface area contributed by atoms with Gasteiger partial charge in [0.25, 0.3) is 0 Å². The van der Waals surface area contributed by atoms with Crippen LogP contribution in [0.25, 0.3) is 0 Å². The maximum atomic E-state index is 11.0. The van der Waals surface area contributed by atoms with Gasteiger partial charge in [-0.15, -0.1) is 0 Å². The fourth-order valence-electron chi connectivity index (χ4n) is 2.06. The van der Waals surface area contributed by atoms with E-state index >= 15 is 0 Å². The number of rotatable bonds is 1. The number of hydrogen-bond acceptors (Lipinski definition) is 2. The van der Waals surface area contributed by atoms with Gasteiger partial charge in [-0.1, -0.05) is 30.4 Å². The zero-order chi connectivity index (χ0) is 12.8. The molecule has 0 aliphatic heterocycles. The largest absolute Gasteiger partial charge is 0.449 e. The summed E-state index contributed by atoms with van der Waals surface area (Å²) in [7, 11) is 0. The molecular formula is C16H16O2. The van der Waals surface area contributed by atoms with Crippen LogP contribution in [-0.2, 0) is 16.0 Å². The molecular weight excluding hydrogens is 224 g/mol. The fourth-order valence-corrected chi connectivity index (χ4v) is 2.06. The third-order valence-electron chi connectivity index (χ3n) is 2.95. The van der Waals surface area contributed by atoms with E-state index in [2.05, 4.69) is 24.0 Å². The van der Waals surface area contributed by atoms with E-state index in [4.69, 9.17) is 4.74 Å². The first kappa shape index (κ1) is 12.5. The zero-order valence-corrected chi connectivity index (χ0v) is 10.6. The normalized spacial score (nSPS) is 18.6. The monoisotopic (exact) mass is 240 g/mol. The lowest BCUT2D eigenvalue weighted by Crippen LogP contribution is -2.14. The molecule has 2 nitrogen and oxygen atoms in total. The number of fused-ring (bicyclic) bond motifs is 1. The highest BCUT2D eigenvalue weighted by Gasteiger charge is 2.10. The Morgan fingerprint density at radius 1 is 1.39 bits per heavy atom. The molecule has 0 amide bonds. The van der Waals surface area contributed by atoms with Crippen molar-refractivity contribution in [1.82, 2.24) is 0 Å². The fraction of sp³-hybridized carbons (Fsp3) is 0.438. The highest BCUT2D eigenvalue weighted by atomic mass is 16.5. The Morgan fingerprint density at radius 3 is 3.11 bits per heavy atom. The first-order valence-electron chi connectivity index (χ1n) is 6.36. The molecule has 0 fully saturated rings. The molecule has 18 heavy (non-hydrogen) atoms. The van der Waals surface area contributed by atoms with Crippen molar-refractivity contribution in [3.05, 3.63) is 35.4 Å². The van der Waals surface area contributed by atoms with Gasteiger partial charge in [0.05, 0.1) is 0 Å². The summed E-state index contributed by atoms with van der Waals surface area (Å²) in [5, 5.41) is 0. The highest BCUT2D eigenvalue weighted by Crippen LogP contribution is 2.14. The van der Waals surface area contributed by atoms with Crippen molar-refractivity contribution in [2.45, 2.75) is 45.1 Å². The third kappa shape index (κ3) is 3.54. The summed E-state index contributed by atoms with van der Waals surface area (Å²) in [6, 6.07) is 9.86. The Hall–Kier alpha value is -1.93. The summed E-state index contributed by atoms with van der Waals surface area (Å²) < 4.78 is 5.21. The van der Waals surface area contributed by atoms with Gasteiger partial charge in [0.15, 0.2) is 6.10 Å². The minimum absolute atomic E-state index is 0.264. The van der Waals surface area contributed by atoms with E-state index in [0.29, 0.717) is 0 Å². The summed E-state index contributed by atoms with van der Waals surface area (Å²) in [5.74, 6) is 5.90. The molecule has 92 valence electrons. The quantitative estimate of drug-likeness (QED) is 0.557. The van der Waals surface area contributed by atoms with Crippen LogP contribution in [0.15, 0.2) is 12.1 Å². The second-order valence-electron chi connectivity index (χ2n) is 4.46. The Labute approximate surface area is 108 Å². The molecule has 1 atom stereocenters. The summed E-state index contributed by atoms with van der Waals surface area (Å²) in [6.45, 7) is 1.43. The van der Waals surface area contributed by atoms with Gasteiger partial charge in [-0.2, -0.15) is 0 Å². The Kier molecular flexibility index (Phi) is 4.26. The zero-order valence-electron chi connectivity index (χ0n) is 10.6. The van der Waals surface area contributed by atoms with E-state index in [1.54, 1.807) is 0 Å². The number of esters is 1. The topological polar surface area (TPSA) is 26.3 Å². The maximum Gasteiger partial charge on any atom is 0.303 e. The van der Waals surface area contributed by atoms with Crippen LogP contribution in [0.3, 0.4) is 0 Å². The van der Waals surface area contributed by atoms with Gasteiger partial charge in [-0.25, -0.2) is 0 Å². The van der Waals surface area contributed by atoms with Gasteiger partial charge in [-0.05, 0) is 37.8 Å². The molecule has 0 aromatic heterocycles. The molecule has 2 rings (SSSR count). The smallest absolute Gasteiger partial charge is 0.303 e. The van der Waals surface area contributed by atoms with Crippen LogP contribution in [0.1, 0.15) is 43.7 Å². The molecule has 0 heterocycles. The number of ether oxygens (including phenoxy) is 1. The minimum Gasteiger partial charge on any atom is -0.449 e. The molecule has 0 bridgehead atoms. The number of carbonyl (C=O) groups is 1. The second kappa shape index (κ2) is 6.12. The number of hydrogen-bond donors (Lipinski definition) is 0. The Morgan fingerprint density at radius 2 is 2.28 bits per heavy atom. The van der Waals surface area contributed by atoms with Gasteiger partial charge in [-0.3, -0.25) is 4.79 Å². The van der Waals surface area contributed by atoms with E-state index in [1.165, 1.54) is 6.92 Å². The Bertz CT molecular complexity index is 479. The molecule has 2 heteroatoms. The average molecular weight is 240 g/mol. The van der Waals surface area contributed by atoms with Gasteiger partial charge >= 0.3 is 5.97 Å². The lowest BCUT2D eigenvalue weighted by atomic mass is 10.00. The molecule has 0 radical (unpaired) electrons. The van der Waals surface area contributed by atoms with Crippen molar-refractivity contribution in [3.8, 4) is 11.8 Å². The SMILES string of the molecule is CC(=O)OC1C#Cc2ccc#cc2CCCCC1. The summed E-state index contributed by atoms with van der Waals surface area (Å²) in [4.78, 5) is 11.0. The van der Waals surface area contributed by atoms with Crippen LogP contribution in [-0.4, -0.2) is 12.1 Å². The van der Waals surface area contributed by atoms with E-state index < -0.39 is 0 Å². The number of carbonyl (C=O) groups excluding carboxylic acids is 1. The molecule has 1 unspecified atom stereocenters.